The molecule has 3 N–H and O–H groups in total. The molecule has 0 aromatic carbocycles. The van der Waals surface area contributed by atoms with Crippen molar-refractivity contribution < 1.29 is 9.90 Å². The van der Waals surface area contributed by atoms with Crippen LogP contribution in [0.25, 0.3) is 10.4 Å². The third-order valence-electron chi connectivity index (χ3n) is 1.76. The zero-order chi connectivity index (χ0) is 10.3. The lowest BCUT2D eigenvalue weighted by Gasteiger charge is -2.18. The van der Waals surface area contributed by atoms with Crippen molar-refractivity contribution in [1.29, 1.82) is 0 Å². The molecule has 0 spiro atoms. The van der Waals surface area contributed by atoms with Crippen LogP contribution in [0, 0.1) is 0 Å². The highest BCUT2D eigenvalue weighted by molar-refractivity contribution is 5.77. The molecule has 0 radical (unpaired) electrons. The Kier molecular flexibility index (Phi) is 4.87. The van der Waals surface area contributed by atoms with Crippen LogP contribution in [0.3, 0.4) is 0 Å². The molecule has 0 saturated carbocycles. The standard InChI is InChI=1S/C7H14N4O2/c1-7(8,6(12)13)4-2-3-5-10-11-9/h2-5,8H2,1H3,(H,12,13). The number of nitrogens with zero attached hydrogens (tertiary/aromatic N) is 3. The fourth-order valence-corrected chi connectivity index (χ4v) is 0.826. The van der Waals surface area contributed by atoms with Crippen LogP contribution >= 0.6 is 0 Å². The summed E-state index contributed by atoms with van der Waals surface area (Å²) in [5, 5.41) is 12.0. The van der Waals surface area contributed by atoms with Gasteiger partial charge in [-0.3, -0.25) is 4.79 Å². The average molecular weight is 186 g/mol. The quantitative estimate of drug-likeness (QED) is 0.282. The maximum atomic E-state index is 10.5. The van der Waals surface area contributed by atoms with Crippen LogP contribution in [0.1, 0.15) is 26.2 Å². The van der Waals surface area contributed by atoms with Gasteiger partial charge in [0.1, 0.15) is 5.54 Å². The van der Waals surface area contributed by atoms with Gasteiger partial charge in [0.15, 0.2) is 0 Å². The minimum Gasteiger partial charge on any atom is -0.480 e. The van der Waals surface area contributed by atoms with Gasteiger partial charge < -0.3 is 10.8 Å². The number of aliphatic carboxylic acids is 1. The Morgan fingerprint density at radius 3 is 2.77 bits per heavy atom. The zero-order valence-corrected chi connectivity index (χ0v) is 7.60. The number of nitrogens with two attached hydrogens (primary N) is 1. The van der Waals surface area contributed by atoms with E-state index in [0.717, 1.165) is 0 Å². The molecule has 0 aliphatic heterocycles. The van der Waals surface area contributed by atoms with Gasteiger partial charge in [0, 0.05) is 11.5 Å². The van der Waals surface area contributed by atoms with Gasteiger partial charge in [-0.15, -0.1) is 0 Å². The summed E-state index contributed by atoms with van der Waals surface area (Å²) in [5.74, 6) is -1.00. The van der Waals surface area contributed by atoms with Crippen LogP contribution in [0.4, 0.5) is 0 Å². The zero-order valence-electron chi connectivity index (χ0n) is 7.60. The van der Waals surface area contributed by atoms with E-state index in [0.29, 0.717) is 25.8 Å². The molecule has 0 aromatic rings. The van der Waals surface area contributed by atoms with E-state index < -0.39 is 11.5 Å². The van der Waals surface area contributed by atoms with E-state index in [4.69, 9.17) is 16.4 Å². The lowest BCUT2D eigenvalue weighted by Crippen LogP contribution is -2.44. The number of azide groups is 1. The summed E-state index contributed by atoms with van der Waals surface area (Å²) in [6, 6.07) is 0. The van der Waals surface area contributed by atoms with Gasteiger partial charge in [0.2, 0.25) is 0 Å². The topological polar surface area (TPSA) is 112 Å². The highest BCUT2D eigenvalue weighted by Crippen LogP contribution is 2.10. The molecule has 0 fully saturated rings. The first-order chi connectivity index (χ1) is 6.00. The molecule has 0 rings (SSSR count). The van der Waals surface area contributed by atoms with E-state index in [-0.39, 0.29) is 0 Å². The van der Waals surface area contributed by atoms with Gasteiger partial charge >= 0.3 is 5.97 Å². The van der Waals surface area contributed by atoms with Crippen LogP contribution in [0.2, 0.25) is 0 Å². The number of carboxylic acids is 1. The van der Waals surface area contributed by atoms with Crippen molar-refractivity contribution in [2.75, 3.05) is 6.54 Å². The summed E-state index contributed by atoms with van der Waals surface area (Å²) >= 11 is 0. The number of unbranched alkanes of at least 4 members (excludes halogenated alkanes) is 1. The third kappa shape index (κ3) is 5.05. The van der Waals surface area contributed by atoms with Crippen molar-refractivity contribution in [2.24, 2.45) is 10.8 Å². The highest BCUT2D eigenvalue weighted by atomic mass is 16.4. The lowest BCUT2D eigenvalue weighted by molar-refractivity contribution is -0.142. The second-order valence-electron chi connectivity index (χ2n) is 3.13. The average Bonchev–Trinajstić information content (AvgIpc) is 2.03. The Labute approximate surface area is 76.4 Å². The Balaban J connectivity index is 3.63. The van der Waals surface area contributed by atoms with Crippen molar-refractivity contribution in [3.8, 4) is 0 Å². The number of carbonyl (C=O) groups is 1. The van der Waals surface area contributed by atoms with Crippen LogP contribution in [-0.2, 0) is 4.79 Å². The molecule has 1 atom stereocenters. The van der Waals surface area contributed by atoms with Crippen molar-refractivity contribution in [3.05, 3.63) is 10.4 Å². The fraction of sp³-hybridized carbons (Fsp3) is 0.857. The third-order valence-corrected chi connectivity index (χ3v) is 1.76. The van der Waals surface area contributed by atoms with Crippen LogP contribution in [-0.4, -0.2) is 23.2 Å². The predicted molar refractivity (Wildman–Crippen MR) is 48.1 cm³/mol. The number of rotatable bonds is 6. The van der Waals surface area contributed by atoms with Crippen molar-refractivity contribution in [2.45, 2.75) is 31.7 Å². The van der Waals surface area contributed by atoms with Crippen molar-refractivity contribution in [1.82, 2.24) is 0 Å². The fourth-order valence-electron chi connectivity index (χ4n) is 0.826. The van der Waals surface area contributed by atoms with Crippen LogP contribution in [0.5, 0.6) is 0 Å². The van der Waals surface area contributed by atoms with E-state index in [1.807, 2.05) is 0 Å². The molecule has 0 aliphatic carbocycles. The first kappa shape index (κ1) is 11.7. The Bertz CT molecular complexity index is 221. The van der Waals surface area contributed by atoms with E-state index in [9.17, 15) is 4.79 Å². The Hall–Kier alpha value is -1.26. The van der Waals surface area contributed by atoms with Crippen LogP contribution in [0.15, 0.2) is 5.11 Å². The summed E-state index contributed by atoms with van der Waals surface area (Å²) in [7, 11) is 0. The molecule has 0 heterocycles. The molecule has 13 heavy (non-hydrogen) atoms. The van der Waals surface area contributed by atoms with Gasteiger partial charge in [-0.05, 0) is 25.3 Å². The minimum absolute atomic E-state index is 0.392. The number of carboxylic acid groups (broad SMARTS) is 1. The molecule has 74 valence electrons. The second-order valence-corrected chi connectivity index (χ2v) is 3.13. The van der Waals surface area contributed by atoms with Gasteiger partial charge in [0.05, 0.1) is 0 Å². The van der Waals surface area contributed by atoms with E-state index in [2.05, 4.69) is 10.0 Å². The van der Waals surface area contributed by atoms with Crippen molar-refractivity contribution >= 4 is 5.97 Å². The van der Waals surface area contributed by atoms with Crippen LogP contribution < -0.4 is 5.73 Å². The molecular formula is C7H14N4O2. The van der Waals surface area contributed by atoms with Gasteiger partial charge in [0.25, 0.3) is 0 Å². The minimum atomic E-state index is -1.17. The maximum absolute atomic E-state index is 10.5. The van der Waals surface area contributed by atoms with Gasteiger partial charge in [-0.1, -0.05) is 11.5 Å². The molecule has 0 aliphatic rings. The normalized spacial score (nSPS) is 14.3. The van der Waals surface area contributed by atoms with Crippen molar-refractivity contribution in [3.63, 3.8) is 0 Å². The monoisotopic (exact) mass is 186 g/mol. The molecule has 0 aromatic heterocycles. The summed E-state index contributed by atoms with van der Waals surface area (Å²) in [6.45, 7) is 1.87. The molecule has 0 saturated heterocycles. The SMILES string of the molecule is CC(N)(CCCCN=[N+]=[N-])C(=O)O. The first-order valence-corrected chi connectivity index (χ1v) is 4.04. The highest BCUT2D eigenvalue weighted by Gasteiger charge is 2.26. The van der Waals surface area contributed by atoms with Gasteiger partial charge in [-0.25, -0.2) is 0 Å². The lowest BCUT2D eigenvalue weighted by atomic mass is 9.96. The molecule has 6 nitrogen and oxygen atoms in total. The molecule has 0 amide bonds. The van der Waals surface area contributed by atoms with E-state index in [1.54, 1.807) is 0 Å². The summed E-state index contributed by atoms with van der Waals surface area (Å²) in [4.78, 5) is 13.1. The predicted octanol–water partition coefficient (Wildman–Crippen LogP) is 1.27. The number of hydrogen-bond acceptors (Lipinski definition) is 3. The van der Waals surface area contributed by atoms with E-state index >= 15 is 0 Å². The maximum Gasteiger partial charge on any atom is 0.323 e. The summed E-state index contributed by atoms with van der Waals surface area (Å²) in [6.07, 6.45) is 1.71. The molecule has 6 heteroatoms. The number of hydrogen-bond donors (Lipinski definition) is 2. The smallest absolute Gasteiger partial charge is 0.323 e. The Morgan fingerprint density at radius 2 is 2.31 bits per heavy atom. The largest absolute Gasteiger partial charge is 0.480 e. The Morgan fingerprint density at radius 1 is 1.69 bits per heavy atom. The molecule has 0 bridgehead atoms. The molecular weight excluding hydrogens is 172 g/mol. The molecule has 1 unspecified atom stereocenters. The summed E-state index contributed by atoms with van der Waals surface area (Å²) in [5.41, 5.74) is 12.3. The second kappa shape index (κ2) is 5.40. The first-order valence-electron chi connectivity index (χ1n) is 4.04. The van der Waals surface area contributed by atoms with Gasteiger partial charge in [-0.2, -0.15) is 0 Å². The summed E-state index contributed by atoms with van der Waals surface area (Å²) < 4.78 is 0. The van der Waals surface area contributed by atoms with E-state index in [1.165, 1.54) is 6.92 Å².